The lowest BCUT2D eigenvalue weighted by molar-refractivity contribution is -0.111. The zero-order valence-corrected chi connectivity index (χ0v) is 18.7. The minimum absolute atomic E-state index is 0.0550. The quantitative estimate of drug-likeness (QED) is 0.522. The highest BCUT2D eigenvalue weighted by Gasteiger charge is 2.18. The number of nitrogens with zero attached hydrogens (tertiary/aromatic N) is 3. The predicted octanol–water partition coefficient (Wildman–Crippen LogP) is 3.68. The summed E-state index contributed by atoms with van der Waals surface area (Å²) in [4.78, 5) is 16.7. The Morgan fingerprint density at radius 3 is 2.85 bits per heavy atom. The number of rotatable bonds is 7. The minimum Gasteiger partial charge on any atom is -0.346 e. The van der Waals surface area contributed by atoms with Crippen LogP contribution in [0.25, 0.3) is 17.0 Å². The van der Waals surface area contributed by atoms with Crippen LogP contribution in [-0.2, 0) is 21.4 Å². The number of fused-ring (bicyclic) bond motifs is 1. The van der Waals surface area contributed by atoms with E-state index in [9.17, 15) is 13.2 Å². The highest BCUT2D eigenvalue weighted by molar-refractivity contribution is 7.90. The SMILES string of the molecule is N#CCCn1cc(/C=C/C(=O)Nc2cccc(S(=O)(=O)NC3=NCCC3)c2)c2ccccc21. The number of sulfonamides is 1. The third kappa shape index (κ3) is 5.30. The number of hydrogen-bond donors (Lipinski definition) is 2. The van der Waals surface area contributed by atoms with Crippen LogP contribution in [0.1, 0.15) is 24.8 Å². The second kappa shape index (κ2) is 9.71. The first-order valence-electron chi connectivity index (χ1n) is 10.6. The second-order valence-corrected chi connectivity index (χ2v) is 9.27. The van der Waals surface area contributed by atoms with Gasteiger partial charge in [0, 0.05) is 53.9 Å². The maximum atomic E-state index is 12.6. The number of para-hydroxylation sites is 1. The first-order valence-corrected chi connectivity index (χ1v) is 12.0. The van der Waals surface area contributed by atoms with E-state index in [0.29, 0.717) is 37.5 Å². The summed E-state index contributed by atoms with van der Waals surface area (Å²) in [6.45, 7) is 1.19. The molecule has 33 heavy (non-hydrogen) atoms. The molecule has 9 heteroatoms. The van der Waals surface area contributed by atoms with E-state index in [1.165, 1.54) is 18.2 Å². The molecule has 4 rings (SSSR count). The molecule has 1 aromatic heterocycles. The second-order valence-electron chi connectivity index (χ2n) is 7.59. The molecular weight excluding hydrogens is 438 g/mol. The number of aliphatic imine (C=N–C) groups is 1. The Morgan fingerprint density at radius 1 is 1.21 bits per heavy atom. The van der Waals surface area contributed by atoms with E-state index in [1.807, 2.05) is 35.0 Å². The lowest BCUT2D eigenvalue weighted by Crippen LogP contribution is -2.29. The van der Waals surface area contributed by atoms with Crippen molar-refractivity contribution in [2.75, 3.05) is 11.9 Å². The molecule has 2 heterocycles. The highest BCUT2D eigenvalue weighted by Crippen LogP contribution is 2.23. The molecule has 1 aliphatic rings. The number of nitrogens with one attached hydrogen (secondary N) is 2. The number of carbonyl (C=O) groups excluding carboxylic acids is 1. The van der Waals surface area contributed by atoms with Crippen molar-refractivity contribution >= 4 is 44.4 Å². The lowest BCUT2D eigenvalue weighted by Gasteiger charge is -2.09. The fraction of sp³-hybridized carbons (Fsp3) is 0.208. The fourth-order valence-electron chi connectivity index (χ4n) is 3.69. The van der Waals surface area contributed by atoms with E-state index in [0.717, 1.165) is 22.9 Å². The van der Waals surface area contributed by atoms with Gasteiger partial charge in [-0.05, 0) is 36.8 Å². The van der Waals surface area contributed by atoms with Crippen molar-refractivity contribution in [3.63, 3.8) is 0 Å². The number of amidine groups is 1. The first kappa shape index (κ1) is 22.3. The average molecular weight is 462 g/mol. The summed E-state index contributed by atoms with van der Waals surface area (Å²) in [7, 11) is -3.76. The van der Waals surface area contributed by atoms with Crippen LogP contribution >= 0.6 is 0 Å². The number of anilines is 1. The molecular formula is C24H23N5O3S. The Balaban J connectivity index is 1.48. The monoisotopic (exact) mass is 461 g/mol. The van der Waals surface area contributed by atoms with Gasteiger partial charge >= 0.3 is 0 Å². The van der Waals surface area contributed by atoms with Gasteiger partial charge in [0.15, 0.2) is 0 Å². The van der Waals surface area contributed by atoms with Gasteiger partial charge < -0.3 is 9.88 Å². The molecule has 0 bridgehead atoms. The molecule has 3 aromatic rings. The van der Waals surface area contributed by atoms with Gasteiger partial charge in [0.2, 0.25) is 5.91 Å². The van der Waals surface area contributed by atoms with Crippen molar-refractivity contribution in [2.24, 2.45) is 4.99 Å². The number of nitriles is 1. The summed E-state index contributed by atoms with van der Waals surface area (Å²) < 4.78 is 29.7. The van der Waals surface area contributed by atoms with Crippen LogP contribution < -0.4 is 10.0 Å². The van der Waals surface area contributed by atoms with Crippen molar-refractivity contribution in [1.82, 2.24) is 9.29 Å². The summed E-state index contributed by atoms with van der Waals surface area (Å²) in [5.74, 6) is 0.0767. The van der Waals surface area contributed by atoms with Crippen LogP contribution in [0.4, 0.5) is 5.69 Å². The zero-order chi connectivity index (χ0) is 23.3. The molecule has 0 radical (unpaired) electrons. The smallest absolute Gasteiger partial charge is 0.262 e. The Hall–Kier alpha value is -3.90. The molecule has 8 nitrogen and oxygen atoms in total. The van der Waals surface area contributed by atoms with Gasteiger partial charge in [0.1, 0.15) is 5.84 Å². The Kier molecular flexibility index (Phi) is 6.56. The topological polar surface area (TPSA) is 116 Å². The molecule has 1 aliphatic heterocycles. The van der Waals surface area contributed by atoms with E-state index in [1.54, 1.807) is 18.2 Å². The number of amides is 1. The molecule has 2 N–H and O–H groups in total. The summed E-state index contributed by atoms with van der Waals surface area (Å²) in [6.07, 6.45) is 6.86. The third-order valence-electron chi connectivity index (χ3n) is 5.24. The molecule has 168 valence electrons. The number of benzene rings is 2. The highest BCUT2D eigenvalue weighted by atomic mass is 32.2. The normalized spacial score (nSPS) is 13.7. The molecule has 0 saturated heterocycles. The lowest BCUT2D eigenvalue weighted by atomic mass is 10.1. The zero-order valence-electron chi connectivity index (χ0n) is 17.9. The Bertz CT molecular complexity index is 1400. The van der Waals surface area contributed by atoms with E-state index >= 15 is 0 Å². The minimum atomic E-state index is -3.76. The van der Waals surface area contributed by atoms with Crippen LogP contribution in [0.5, 0.6) is 0 Å². The van der Waals surface area contributed by atoms with E-state index in [4.69, 9.17) is 5.26 Å². The Morgan fingerprint density at radius 2 is 2.06 bits per heavy atom. The number of hydrogen-bond acceptors (Lipinski definition) is 5. The van der Waals surface area contributed by atoms with Crippen molar-refractivity contribution in [1.29, 1.82) is 5.26 Å². The van der Waals surface area contributed by atoms with Gasteiger partial charge in [0.05, 0.1) is 17.4 Å². The molecule has 0 atom stereocenters. The van der Waals surface area contributed by atoms with Gasteiger partial charge in [-0.2, -0.15) is 5.26 Å². The molecule has 1 amide bonds. The van der Waals surface area contributed by atoms with Crippen molar-refractivity contribution < 1.29 is 13.2 Å². The Labute approximate surface area is 192 Å². The first-order chi connectivity index (χ1) is 16.0. The maximum absolute atomic E-state index is 12.6. The van der Waals surface area contributed by atoms with Crippen molar-refractivity contribution in [2.45, 2.75) is 30.7 Å². The number of aromatic nitrogens is 1. The van der Waals surface area contributed by atoms with Gasteiger partial charge in [0.25, 0.3) is 10.0 Å². The molecule has 2 aromatic carbocycles. The van der Waals surface area contributed by atoms with Crippen LogP contribution in [0.3, 0.4) is 0 Å². The van der Waals surface area contributed by atoms with Gasteiger partial charge in [-0.3, -0.25) is 14.5 Å². The van der Waals surface area contributed by atoms with E-state index < -0.39 is 10.0 Å². The molecule has 0 saturated carbocycles. The third-order valence-corrected chi connectivity index (χ3v) is 6.62. The summed E-state index contributed by atoms with van der Waals surface area (Å²) >= 11 is 0. The average Bonchev–Trinajstić information content (AvgIpc) is 3.44. The van der Waals surface area contributed by atoms with Crippen molar-refractivity contribution in [3.8, 4) is 6.07 Å². The van der Waals surface area contributed by atoms with Gasteiger partial charge in [-0.15, -0.1) is 0 Å². The van der Waals surface area contributed by atoms with E-state index in [2.05, 4.69) is 21.1 Å². The van der Waals surface area contributed by atoms with Crippen LogP contribution in [0, 0.1) is 11.3 Å². The number of carbonyl (C=O) groups is 1. The largest absolute Gasteiger partial charge is 0.346 e. The maximum Gasteiger partial charge on any atom is 0.262 e. The summed E-state index contributed by atoms with van der Waals surface area (Å²) in [5.41, 5.74) is 2.22. The molecule has 0 spiro atoms. The summed E-state index contributed by atoms with van der Waals surface area (Å²) in [5, 5.41) is 12.6. The summed E-state index contributed by atoms with van der Waals surface area (Å²) in [6, 6.07) is 16.0. The van der Waals surface area contributed by atoms with Crippen LogP contribution in [0.15, 0.2) is 70.7 Å². The van der Waals surface area contributed by atoms with Crippen LogP contribution in [0.2, 0.25) is 0 Å². The van der Waals surface area contributed by atoms with Crippen molar-refractivity contribution in [3.05, 3.63) is 66.4 Å². The van der Waals surface area contributed by atoms with E-state index in [-0.39, 0.29) is 10.8 Å². The molecule has 0 fully saturated rings. The standard InChI is InChI=1S/C24H23N5O3S/c25-13-5-15-29-17-18(21-8-1-2-9-22(21)29)11-12-24(30)27-19-6-3-7-20(16-19)33(31,32)28-23-10-4-14-26-23/h1-3,6-9,11-12,16-17H,4-5,10,14-15H2,(H,26,28)(H,27,30)/b12-11+. The van der Waals surface area contributed by atoms with Gasteiger partial charge in [-0.25, -0.2) is 8.42 Å². The fourth-order valence-corrected chi connectivity index (χ4v) is 4.83. The number of aryl methyl sites for hydroxylation is 1. The molecule has 0 aliphatic carbocycles. The van der Waals surface area contributed by atoms with Crippen LogP contribution in [-0.4, -0.2) is 31.3 Å². The van der Waals surface area contributed by atoms with Gasteiger partial charge in [-0.1, -0.05) is 24.3 Å². The predicted molar refractivity (Wildman–Crippen MR) is 128 cm³/mol. The molecule has 0 unspecified atom stereocenters.